The number of hydrogen-bond donors (Lipinski definition) is 1. The van der Waals surface area contributed by atoms with Gasteiger partial charge in [-0.1, -0.05) is 0 Å². The number of methoxy groups -OCH3 is 1. The molecule has 132 valence electrons. The summed E-state index contributed by atoms with van der Waals surface area (Å²) in [6.45, 7) is 5.81. The first-order valence-corrected chi connectivity index (χ1v) is 8.66. The van der Waals surface area contributed by atoms with Gasteiger partial charge in [-0.15, -0.1) is 0 Å². The number of amides is 1. The van der Waals surface area contributed by atoms with Crippen molar-refractivity contribution in [2.24, 2.45) is 0 Å². The van der Waals surface area contributed by atoms with E-state index < -0.39 is 0 Å². The average Bonchev–Trinajstić information content (AvgIpc) is 3.08. The molecule has 0 unspecified atom stereocenters. The zero-order valence-corrected chi connectivity index (χ0v) is 14.4. The van der Waals surface area contributed by atoms with Crippen LogP contribution in [0.5, 0.6) is 11.5 Å². The van der Waals surface area contributed by atoms with Crippen LogP contribution < -0.4 is 14.8 Å². The molecule has 1 N–H and O–H groups in total. The van der Waals surface area contributed by atoms with Crippen molar-refractivity contribution in [2.45, 2.75) is 31.9 Å². The van der Waals surface area contributed by atoms with Crippen LogP contribution in [0.4, 0.5) is 0 Å². The van der Waals surface area contributed by atoms with Gasteiger partial charge in [-0.2, -0.15) is 0 Å². The molecule has 0 aliphatic carbocycles. The maximum absolute atomic E-state index is 12.4. The minimum atomic E-state index is -0.122. The van der Waals surface area contributed by atoms with Gasteiger partial charge in [0.15, 0.2) is 11.5 Å². The van der Waals surface area contributed by atoms with Crippen molar-refractivity contribution in [3.05, 3.63) is 23.8 Å². The SMILES string of the molecule is CCOc1ccc(C(=O)NC[C@H]2CN3CCC[C@@H]3CO2)cc1OC. The van der Waals surface area contributed by atoms with E-state index in [2.05, 4.69) is 10.2 Å². The number of ether oxygens (including phenoxy) is 3. The fourth-order valence-corrected chi connectivity index (χ4v) is 3.40. The molecular weight excluding hydrogens is 308 g/mol. The van der Waals surface area contributed by atoms with Crippen molar-refractivity contribution < 1.29 is 19.0 Å². The quantitative estimate of drug-likeness (QED) is 0.858. The second kappa shape index (κ2) is 7.85. The van der Waals surface area contributed by atoms with E-state index in [1.54, 1.807) is 25.3 Å². The van der Waals surface area contributed by atoms with Gasteiger partial charge in [0.05, 0.1) is 26.4 Å². The number of rotatable bonds is 6. The van der Waals surface area contributed by atoms with Crippen LogP contribution >= 0.6 is 0 Å². The van der Waals surface area contributed by atoms with Crippen LogP contribution in [0.3, 0.4) is 0 Å². The monoisotopic (exact) mass is 334 g/mol. The van der Waals surface area contributed by atoms with Gasteiger partial charge in [-0.05, 0) is 44.5 Å². The van der Waals surface area contributed by atoms with Crippen LogP contribution in [-0.2, 0) is 4.74 Å². The molecule has 1 amide bonds. The Morgan fingerprint density at radius 1 is 1.42 bits per heavy atom. The van der Waals surface area contributed by atoms with Crippen LogP contribution in [-0.4, -0.2) is 62.9 Å². The third-order valence-corrected chi connectivity index (χ3v) is 4.68. The number of benzene rings is 1. The average molecular weight is 334 g/mol. The van der Waals surface area contributed by atoms with Crippen molar-refractivity contribution >= 4 is 5.91 Å². The Morgan fingerprint density at radius 2 is 2.29 bits per heavy atom. The summed E-state index contributed by atoms with van der Waals surface area (Å²) < 4.78 is 16.6. The third-order valence-electron chi connectivity index (χ3n) is 4.68. The summed E-state index contributed by atoms with van der Waals surface area (Å²) in [6.07, 6.45) is 2.54. The maximum Gasteiger partial charge on any atom is 0.251 e. The van der Waals surface area contributed by atoms with Crippen LogP contribution in [0.25, 0.3) is 0 Å². The Kier molecular flexibility index (Phi) is 5.58. The third kappa shape index (κ3) is 3.82. The molecule has 0 saturated carbocycles. The Balaban J connectivity index is 1.55. The van der Waals surface area contributed by atoms with Gasteiger partial charge >= 0.3 is 0 Å². The first-order valence-electron chi connectivity index (χ1n) is 8.66. The van der Waals surface area contributed by atoms with Gasteiger partial charge in [0.2, 0.25) is 0 Å². The molecule has 3 rings (SSSR count). The molecule has 1 aromatic carbocycles. The highest BCUT2D eigenvalue weighted by Crippen LogP contribution is 2.28. The van der Waals surface area contributed by atoms with E-state index in [4.69, 9.17) is 14.2 Å². The van der Waals surface area contributed by atoms with Gasteiger partial charge in [0.25, 0.3) is 5.91 Å². The molecule has 2 fully saturated rings. The number of nitrogens with one attached hydrogen (secondary N) is 1. The maximum atomic E-state index is 12.4. The lowest BCUT2D eigenvalue weighted by atomic mass is 10.1. The highest BCUT2D eigenvalue weighted by molar-refractivity contribution is 5.94. The van der Waals surface area contributed by atoms with Gasteiger partial charge in [0, 0.05) is 24.7 Å². The van der Waals surface area contributed by atoms with E-state index in [1.165, 1.54) is 12.8 Å². The second-order valence-electron chi connectivity index (χ2n) is 6.26. The smallest absolute Gasteiger partial charge is 0.251 e. The molecule has 2 aliphatic rings. The first-order chi connectivity index (χ1) is 11.7. The fourth-order valence-electron chi connectivity index (χ4n) is 3.40. The lowest BCUT2D eigenvalue weighted by Crippen LogP contribution is -2.50. The number of fused-ring (bicyclic) bond motifs is 1. The topological polar surface area (TPSA) is 60.0 Å². The highest BCUT2D eigenvalue weighted by Gasteiger charge is 2.32. The Labute approximate surface area is 143 Å². The van der Waals surface area contributed by atoms with Gasteiger partial charge < -0.3 is 19.5 Å². The lowest BCUT2D eigenvalue weighted by Gasteiger charge is -2.35. The van der Waals surface area contributed by atoms with E-state index >= 15 is 0 Å². The van der Waals surface area contributed by atoms with Gasteiger partial charge in [-0.25, -0.2) is 0 Å². The molecular formula is C18H26N2O4. The number of hydrogen-bond acceptors (Lipinski definition) is 5. The van der Waals surface area contributed by atoms with Crippen molar-refractivity contribution in [3.63, 3.8) is 0 Å². The number of nitrogens with zero attached hydrogens (tertiary/aromatic N) is 1. The van der Waals surface area contributed by atoms with Crippen LogP contribution in [0.1, 0.15) is 30.1 Å². The summed E-state index contributed by atoms with van der Waals surface area (Å²) >= 11 is 0. The summed E-state index contributed by atoms with van der Waals surface area (Å²) in [4.78, 5) is 14.8. The molecule has 1 aromatic rings. The van der Waals surface area contributed by atoms with E-state index in [0.29, 0.717) is 36.3 Å². The molecule has 0 radical (unpaired) electrons. The van der Waals surface area contributed by atoms with Crippen LogP contribution in [0.15, 0.2) is 18.2 Å². The zero-order chi connectivity index (χ0) is 16.9. The molecule has 0 bridgehead atoms. The standard InChI is InChI=1S/C18H26N2O4/c1-3-23-16-7-6-13(9-17(16)22-2)18(21)19-10-15-11-20-8-4-5-14(20)12-24-15/h6-7,9,14-15H,3-5,8,10-12H2,1-2H3,(H,19,21)/t14-,15+/m1/s1. The summed E-state index contributed by atoms with van der Waals surface area (Å²) in [7, 11) is 1.57. The molecule has 2 heterocycles. The predicted molar refractivity (Wildman–Crippen MR) is 90.8 cm³/mol. The Hall–Kier alpha value is -1.79. The largest absolute Gasteiger partial charge is 0.493 e. The summed E-state index contributed by atoms with van der Waals surface area (Å²) in [6, 6.07) is 5.80. The van der Waals surface area contributed by atoms with Crippen molar-refractivity contribution in [2.75, 3.05) is 40.0 Å². The molecule has 0 aromatic heterocycles. The van der Waals surface area contributed by atoms with E-state index in [1.807, 2.05) is 6.92 Å². The van der Waals surface area contributed by atoms with E-state index in [9.17, 15) is 4.79 Å². The molecule has 6 nitrogen and oxygen atoms in total. The summed E-state index contributed by atoms with van der Waals surface area (Å²) in [5.74, 6) is 1.09. The zero-order valence-electron chi connectivity index (χ0n) is 14.4. The van der Waals surface area contributed by atoms with Crippen LogP contribution in [0.2, 0.25) is 0 Å². The Morgan fingerprint density at radius 3 is 3.08 bits per heavy atom. The molecule has 2 saturated heterocycles. The van der Waals surface area contributed by atoms with Crippen molar-refractivity contribution in [3.8, 4) is 11.5 Å². The number of carbonyl (C=O) groups is 1. The van der Waals surface area contributed by atoms with Crippen molar-refractivity contribution in [1.82, 2.24) is 10.2 Å². The van der Waals surface area contributed by atoms with Crippen molar-refractivity contribution in [1.29, 1.82) is 0 Å². The van der Waals surface area contributed by atoms with Gasteiger partial charge in [0.1, 0.15) is 0 Å². The molecule has 6 heteroatoms. The Bertz CT molecular complexity index is 578. The fraction of sp³-hybridized carbons (Fsp3) is 0.611. The van der Waals surface area contributed by atoms with Gasteiger partial charge in [-0.3, -0.25) is 9.69 Å². The summed E-state index contributed by atoms with van der Waals surface area (Å²) in [5, 5.41) is 2.96. The number of morpholine rings is 1. The molecule has 2 aliphatic heterocycles. The second-order valence-corrected chi connectivity index (χ2v) is 6.26. The van der Waals surface area contributed by atoms with E-state index in [-0.39, 0.29) is 12.0 Å². The minimum Gasteiger partial charge on any atom is -0.493 e. The minimum absolute atomic E-state index is 0.0629. The normalized spacial score (nSPS) is 23.6. The van der Waals surface area contributed by atoms with Crippen LogP contribution in [0, 0.1) is 0 Å². The predicted octanol–water partition coefficient (Wildman–Crippen LogP) is 1.69. The first kappa shape index (κ1) is 17.0. The number of carbonyl (C=O) groups excluding carboxylic acids is 1. The molecule has 2 atom stereocenters. The highest BCUT2D eigenvalue weighted by atomic mass is 16.5. The lowest BCUT2D eigenvalue weighted by molar-refractivity contribution is -0.0461. The summed E-state index contributed by atoms with van der Waals surface area (Å²) in [5.41, 5.74) is 0.560. The molecule has 0 spiro atoms. The molecule has 24 heavy (non-hydrogen) atoms. The van der Waals surface area contributed by atoms with E-state index in [0.717, 1.165) is 19.7 Å².